The van der Waals surface area contributed by atoms with Crippen LogP contribution in [0.15, 0.2) is 22.7 Å². The largest absolute Gasteiger partial charge is 0.423 e. The Morgan fingerprint density at radius 3 is 2.47 bits per heavy atom. The van der Waals surface area contributed by atoms with Crippen LogP contribution in [-0.4, -0.2) is 15.2 Å². The van der Waals surface area contributed by atoms with Crippen molar-refractivity contribution < 1.29 is 4.74 Å². The zero-order valence-corrected chi connectivity index (χ0v) is 11.4. The summed E-state index contributed by atoms with van der Waals surface area (Å²) in [6, 6.07) is 6.04. The van der Waals surface area contributed by atoms with Crippen molar-refractivity contribution in [3.63, 3.8) is 0 Å². The van der Waals surface area contributed by atoms with Crippen LogP contribution >= 0.6 is 15.9 Å². The maximum absolute atomic E-state index is 5.59. The first-order valence-corrected chi connectivity index (χ1v) is 5.97. The monoisotopic (exact) mass is 293 g/mol. The van der Waals surface area contributed by atoms with Gasteiger partial charge in [0.2, 0.25) is 0 Å². The van der Waals surface area contributed by atoms with Gasteiger partial charge in [-0.3, -0.25) is 0 Å². The second-order valence-electron chi connectivity index (χ2n) is 3.78. The SMILES string of the molecule is Cc1cc(Br)ccc1Oc1nnc(C)c(C)n1. The summed E-state index contributed by atoms with van der Waals surface area (Å²) in [5.41, 5.74) is 2.65. The summed E-state index contributed by atoms with van der Waals surface area (Å²) in [5.74, 6) is 0.734. The normalized spacial score (nSPS) is 10.4. The molecule has 1 aromatic heterocycles. The summed E-state index contributed by atoms with van der Waals surface area (Å²) in [6.45, 7) is 5.71. The van der Waals surface area contributed by atoms with Gasteiger partial charge in [0, 0.05) is 4.47 Å². The lowest BCUT2D eigenvalue weighted by Crippen LogP contribution is -2.00. The molecule has 2 aromatic rings. The van der Waals surface area contributed by atoms with Gasteiger partial charge in [0.25, 0.3) is 0 Å². The Morgan fingerprint density at radius 2 is 1.82 bits per heavy atom. The maximum atomic E-state index is 5.59. The lowest BCUT2D eigenvalue weighted by Gasteiger charge is -2.07. The fourth-order valence-electron chi connectivity index (χ4n) is 1.31. The second-order valence-corrected chi connectivity index (χ2v) is 4.69. The molecule has 0 amide bonds. The van der Waals surface area contributed by atoms with E-state index in [2.05, 4.69) is 31.1 Å². The first-order chi connectivity index (χ1) is 8.06. The Morgan fingerprint density at radius 1 is 1.06 bits per heavy atom. The first kappa shape index (κ1) is 12.0. The van der Waals surface area contributed by atoms with E-state index in [4.69, 9.17) is 4.74 Å². The number of aromatic nitrogens is 3. The molecule has 0 unspecified atom stereocenters. The summed E-state index contributed by atoms with van der Waals surface area (Å²) in [6.07, 6.45) is 0. The van der Waals surface area contributed by atoms with Crippen molar-refractivity contribution in [2.24, 2.45) is 0 Å². The van der Waals surface area contributed by atoms with Gasteiger partial charge >= 0.3 is 6.01 Å². The fraction of sp³-hybridized carbons (Fsp3) is 0.250. The van der Waals surface area contributed by atoms with Crippen LogP contribution in [0.3, 0.4) is 0 Å². The highest BCUT2D eigenvalue weighted by atomic mass is 79.9. The Balaban J connectivity index is 2.28. The van der Waals surface area contributed by atoms with E-state index in [1.54, 1.807) is 0 Å². The van der Waals surface area contributed by atoms with E-state index in [1.807, 2.05) is 39.0 Å². The predicted octanol–water partition coefficient (Wildman–Crippen LogP) is 3.35. The minimum atomic E-state index is 0.276. The Hall–Kier alpha value is -1.49. The average Bonchev–Trinajstić information content (AvgIpc) is 2.27. The van der Waals surface area contributed by atoms with E-state index in [1.165, 1.54) is 0 Å². The number of aryl methyl sites for hydroxylation is 3. The lowest BCUT2D eigenvalue weighted by molar-refractivity contribution is 0.427. The molecule has 1 aromatic carbocycles. The third-order valence-electron chi connectivity index (χ3n) is 2.41. The molecule has 0 aliphatic heterocycles. The number of rotatable bonds is 2. The minimum absolute atomic E-state index is 0.276. The molecule has 5 heteroatoms. The fourth-order valence-corrected chi connectivity index (χ4v) is 1.78. The van der Waals surface area contributed by atoms with Crippen molar-refractivity contribution in [3.05, 3.63) is 39.6 Å². The zero-order chi connectivity index (χ0) is 12.4. The zero-order valence-electron chi connectivity index (χ0n) is 9.86. The van der Waals surface area contributed by atoms with Gasteiger partial charge in [-0.25, -0.2) is 0 Å². The highest BCUT2D eigenvalue weighted by Gasteiger charge is 2.06. The number of halogens is 1. The predicted molar refractivity (Wildman–Crippen MR) is 68.3 cm³/mol. The van der Waals surface area contributed by atoms with Gasteiger partial charge in [-0.15, -0.1) is 5.10 Å². The molecular formula is C12H12BrN3O. The maximum Gasteiger partial charge on any atom is 0.341 e. The molecule has 1 heterocycles. The number of nitrogens with zero attached hydrogens (tertiary/aromatic N) is 3. The van der Waals surface area contributed by atoms with Crippen molar-refractivity contribution in [3.8, 4) is 11.8 Å². The van der Waals surface area contributed by atoms with Crippen LogP contribution in [0.25, 0.3) is 0 Å². The van der Waals surface area contributed by atoms with Gasteiger partial charge in [0.15, 0.2) is 0 Å². The first-order valence-electron chi connectivity index (χ1n) is 5.18. The number of hydrogen-bond donors (Lipinski definition) is 0. The molecule has 0 radical (unpaired) electrons. The Kier molecular flexibility index (Phi) is 3.38. The van der Waals surface area contributed by atoms with Gasteiger partial charge in [0.05, 0.1) is 11.4 Å². The van der Waals surface area contributed by atoms with Gasteiger partial charge in [-0.2, -0.15) is 4.98 Å². The van der Waals surface area contributed by atoms with E-state index in [-0.39, 0.29) is 6.01 Å². The molecule has 0 N–H and O–H groups in total. The molecule has 0 spiro atoms. The van der Waals surface area contributed by atoms with Crippen molar-refractivity contribution in [2.75, 3.05) is 0 Å². The quantitative estimate of drug-likeness (QED) is 0.852. The molecule has 0 bridgehead atoms. The lowest BCUT2D eigenvalue weighted by atomic mass is 10.2. The third-order valence-corrected chi connectivity index (χ3v) is 2.90. The van der Waals surface area contributed by atoms with Crippen LogP contribution in [0.2, 0.25) is 0 Å². The molecule has 0 fully saturated rings. The van der Waals surface area contributed by atoms with Crippen molar-refractivity contribution in [1.82, 2.24) is 15.2 Å². The van der Waals surface area contributed by atoms with E-state index in [0.717, 1.165) is 27.2 Å². The summed E-state index contributed by atoms with van der Waals surface area (Å²) >= 11 is 3.40. The van der Waals surface area contributed by atoms with Gasteiger partial charge in [-0.1, -0.05) is 21.0 Å². The van der Waals surface area contributed by atoms with Crippen LogP contribution in [-0.2, 0) is 0 Å². The van der Waals surface area contributed by atoms with Crippen molar-refractivity contribution in [2.45, 2.75) is 20.8 Å². The van der Waals surface area contributed by atoms with Crippen LogP contribution in [0.4, 0.5) is 0 Å². The smallest absolute Gasteiger partial charge is 0.341 e. The Bertz CT molecular complexity index is 557. The van der Waals surface area contributed by atoms with Crippen LogP contribution in [0.1, 0.15) is 17.0 Å². The van der Waals surface area contributed by atoms with E-state index >= 15 is 0 Å². The third kappa shape index (κ3) is 2.79. The van der Waals surface area contributed by atoms with Crippen LogP contribution in [0, 0.1) is 20.8 Å². The van der Waals surface area contributed by atoms with Crippen LogP contribution < -0.4 is 4.74 Å². The molecule has 0 aliphatic rings. The summed E-state index contributed by atoms with van der Waals surface area (Å²) < 4.78 is 6.61. The number of benzene rings is 1. The van der Waals surface area contributed by atoms with Crippen LogP contribution in [0.5, 0.6) is 11.8 Å². The second kappa shape index (κ2) is 4.79. The molecule has 17 heavy (non-hydrogen) atoms. The molecule has 0 saturated heterocycles. The van der Waals surface area contributed by atoms with Crippen molar-refractivity contribution in [1.29, 1.82) is 0 Å². The van der Waals surface area contributed by atoms with E-state index in [9.17, 15) is 0 Å². The topological polar surface area (TPSA) is 47.9 Å². The molecule has 0 aliphatic carbocycles. The van der Waals surface area contributed by atoms with Gasteiger partial charge < -0.3 is 4.74 Å². The number of ether oxygens (including phenoxy) is 1. The highest BCUT2D eigenvalue weighted by Crippen LogP contribution is 2.25. The number of hydrogen-bond acceptors (Lipinski definition) is 4. The summed E-state index contributed by atoms with van der Waals surface area (Å²) in [4.78, 5) is 4.22. The van der Waals surface area contributed by atoms with Gasteiger partial charge in [0.1, 0.15) is 5.75 Å². The molecule has 0 saturated carbocycles. The standard InChI is InChI=1S/C12H12BrN3O/c1-7-6-10(13)4-5-11(7)17-12-14-8(2)9(3)15-16-12/h4-6H,1-3H3. The Labute approximate surface area is 108 Å². The van der Waals surface area contributed by atoms with Crippen molar-refractivity contribution >= 4 is 15.9 Å². The summed E-state index contributed by atoms with van der Waals surface area (Å²) in [7, 11) is 0. The molecule has 4 nitrogen and oxygen atoms in total. The molecular weight excluding hydrogens is 282 g/mol. The molecule has 0 atom stereocenters. The van der Waals surface area contributed by atoms with E-state index in [0.29, 0.717) is 0 Å². The summed E-state index contributed by atoms with van der Waals surface area (Å²) in [5, 5.41) is 7.88. The highest BCUT2D eigenvalue weighted by molar-refractivity contribution is 9.10. The van der Waals surface area contributed by atoms with Gasteiger partial charge in [-0.05, 0) is 44.5 Å². The van der Waals surface area contributed by atoms with E-state index < -0.39 is 0 Å². The minimum Gasteiger partial charge on any atom is -0.423 e. The average molecular weight is 294 g/mol. The molecule has 88 valence electrons. The molecule has 2 rings (SSSR count).